The summed E-state index contributed by atoms with van der Waals surface area (Å²) in [4.78, 5) is 14.2. The molecule has 10 heteroatoms. The standard InChI is InChI=1S/C19H16ClF3N4OS/c20-15-9-14(19(21,22)23)10-27-16(15)24-25-18(27)29-11-12-3-5-13(6-4-12)17(28)26-7-1-2-8-26/h3-6,9-10H,1-2,7-8,11H2. The van der Waals surface area contributed by atoms with Gasteiger partial charge in [-0.2, -0.15) is 13.2 Å². The molecule has 152 valence electrons. The number of pyridine rings is 1. The first-order valence-electron chi connectivity index (χ1n) is 8.95. The molecule has 1 aliphatic rings. The molecule has 0 spiro atoms. The van der Waals surface area contributed by atoms with Crippen LogP contribution >= 0.6 is 23.4 Å². The summed E-state index contributed by atoms with van der Waals surface area (Å²) in [5.41, 5.74) is 0.869. The quantitative estimate of drug-likeness (QED) is 0.540. The lowest BCUT2D eigenvalue weighted by Gasteiger charge is -2.15. The van der Waals surface area contributed by atoms with E-state index in [-0.39, 0.29) is 16.6 Å². The van der Waals surface area contributed by atoms with Crippen LogP contribution in [-0.2, 0) is 11.9 Å². The predicted molar refractivity (Wildman–Crippen MR) is 104 cm³/mol. The maximum absolute atomic E-state index is 13.0. The van der Waals surface area contributed by atoms with Crippen molar-refractivity contribution in [3.8, 4) is 0 Å². The van der Waals surface area contributed by atoms with Crippen molar-refractivity contribution in [2.24, 2.45) is 0 Å². The highest BCUT2D eigenvalue weighted by Crippen LogP contribution is 2.33. The minimum absolute atomic E-state index is 0.0273. The van der Waals surface area contributed by atoms with Gasteiger partial charge in [-0.25, -0.2) is 0 Å². The summed E-state index contributed by atoms with van der Waals surface area (Å²) in [5.74, 6) is 0.492. The number of halogens is 4. The van der Waals surface area contributed by atoms with Crippen molar-refractivity contribution in [1.82, 2.24) is 19.5 Å². The van der Waals surface area contributed by atoms with Crippen molar-refractivity contribution in [1.29, 1.82) is 0 Å². The molecule has 1 fully saturated rings. The maximum Gasteiger partial charge on any atom is 0.417 e. The minimum Gasteiger partial charge on any atom is -0.339 e. The Morgan fingerprint density at radius 2 is 1.83 bits per heavy atom. The Hall–Kier alpha value is -2.26. The molecule has 0 unspecified atom stereocenters. The van der Waals surface area contributed by atoms with Crippen LogP contribution in [0, 0.1) is 0 Å². The second-order valence-corrected chi connectivity index (χ2v) is 8.09. The Morgan fingerprint density at radius 3 is 2.48 bits per heavy atom. The van der Waals surface area contributed by atoms with Crippen LogP contribution in [-0.4, -0.2) is 38.5 Å². The predicted octanol–water partition coefficient (Wildman–Crippen LogP) is 4.93. The molecule has 3 aromatic rings. The van der Waals surface area contributed by atoms with Gasteiger partial charge in [-0.05, 0) is 36.6 Å². The number of amides is 1. The van der Waals surface area contributed by atoms with Crippen LogP contribution in [0.1, 0.15) is 34.3 Å². The van der Waals surface area contributed by atoms with E-state index in [4.69, 9.17) is 11.6 Å². The second-order valence-electron chi connectivity index (χ2n) is 6.74. The normalized spacial score (nSPS) is 14.7. The van der Waals surface area contributed by atoms with Crippen molar-refractivity contribution in [3.63, 3.8) is 0 Å². The molecule has 4 rings (SSSR count). The molecule has 0 atom stereocenters. The average molecular weight is 441 g/mol. The smallest absolute Gasteiger partial charge is 0.339 e. The summed E-state index contributed by atoms with van der Waals surface area (Å²) < 4.78 is 40.4. The van der Waals surface area contributed by atoms with Crippen LogP contribution in [0.15, 0.2) is 41.7 Å². The number of fused-ring (bicyclic) bond motifs is 1. The van der Waals surface area contributed by atoms with Crippen LogP contribution in [0.5, 0.6) is 0 Å². The van der Waals surface area contributed by atoms with E-state index < -0.39 is 11.7 Å². The number of benzene rings is 1. The molecule has 0 bridgehead atoms. The van der Waals surface area contributed by atoms with Gasteiger partial charge in [0.1, 0.15) is 0 Å². The molecule has 3 heterocycles. The third-order valence-electron chi connectivity index (χ3n) is 4.72. The fourth-order valence-electron chi connectivity index (χ4n) is 3.18. The molecule has 0 aliphatic carbocycles. The molecule has 1 saturated heterocycles. The summed E-state index contributed by atoms with van der Waals surface area (Å²) in [6, 6.07) is 8.08. The van der Waals surface area contributed by atoms with Crippen molar-refractivity contribution >= 4 is 34.9 Å². The molecule has 2 aromatic heterocycles. The summed E-state index contributed by atoms with van der Waals surface area (Å²) in [7, 11) is 0. The number of aromatic nitrogens is 3. The molecular weight excluding hydrogens is 425 g/mol. The summed E-state index contributed by atoms with van der Waals surface area (Å²) in [5, 5.41) is 8.04. The topological polar surface area (TPSA) is 50.5 Å². The number of carbonyl (C=O) groups excluding carboxylic acids is 1. The van der Waals surface area contributed by atoms with Gasteiger partial charge in [0.25, 0.3) is 5.91 Å². The number of thioether (sulfide) groups is 1. The number of hydrogen-bond donors (Lipinski definition) is 0. The van der Waals surface area contributed by atoms with Gasteiger partial charge in [0.05, 0.1) is 10.6 Å². The number of nitrogens with zero attached hydrogens (tertiary/aromatic N) is 4. The number of carbonyl (C=O) groups is 1. The molecule has 1 aromatic carbocycles. The van der Waals surface area contributed by atoms with Crippen molar-refractivity contribution in [2.45, 2.75) is 29.9 Å². The SMILES string of the molecule is O=C(c1ccc(CSc2nnc3c(Cl)cc(C(F)(F)F)cn23)cc1)N1CCCC1. The molecule has 0 radical (unpaired) electrons. The van der Waals surface area contributed by atoms with E-state index in [1.165, 1.54) is 16.2 Å². The average Bonchev–Trinajstić information content (AvgIpc) is 3.36. The van der Waals surface area contributed by atoms with E-state index in [9.17, 15) is 18.0 Å². The molecule has 0 N–H and O–H groups in total. The first kappa shape index (κ1) is 20.0. The lowest BCUT2D eigenvalue weighted by molar-refractivity contribution is -0.137. The van der Waals surface area contributed by atoms with Crippen LogP contribution in [0.3, 0.4) is 0 Å². The highest BCUT2D eigenvalue weighted by molar-refractivity contribution is 7.98. The Balaban J connectivity index is 1.49. The van der Waals surface area contributed by atoms with Crippen LogP contribution in [0.2, 0.25) is 5.02 Å². The largest absolute Gasteiger partial charge is 0.417 e. The molecular formula is C19H16ClF3N4OS. The van der Waals surface area contributed by atoms with Gasteiger partial charge < -0.3 is 4.90 Å². The number of hydrogen-bond acceptors (Lipinski definition) is 4. The fraction of sp³-hybridized carbons (Fsp3) is 0.316. The molecule has 1 aliphatic heterocycles. The van der Waals surface area contributed by atoms with Crippen molar-refractivity contribution in [3.05, 3.63) is 58.2 Å². The molecule has 5 nitrogen and oxygen atoms in total. The third-order valence-corrected chi connectivity index (χ3v) is 6.01. The zero-order valence-corrected chi connectivity index (χ0v) is 16.7. The third kappa shape index (κ3) is 4.20. The lowest BCUT2D eigenvalue weighted by atomic mass is 10.1. The van der Waals surface area contributed by atoms with Crippen molar-refractivity contribution < 1.29 is 18.0 Å². The second kappa shape index (κ2) is 7.87. The number of alkyl halides is 3. The van der Waals surface area contributed by atoms with E-state index in [0.29, 0.717) is 16.5 Å². The highest BCUT2D eigenvalue weighted by Gasteiger charge is 2.32. The van der Waals surface area contributed by atoms with E-state index >= 15 is 0 Å². The summed E-state index contributed by atoms with van der Waals surface area (Å²) >= 11 is 7.18. The Labute approximate surface area is 173 Å². The monoisotopic (exact) mass is 440 g/mol. The molecule has 29 heavy (non-hydrogen) atoms. The number of likely N-dealkylation sites (tertiary alicyclic amines) is 1. The Morgan fingerprint density at radius 1 is 1.14 bits per heavy atom. The van der Waals surface area contributed by atoms with Crippen molar-refractivity contribution in [2.75, 3.05) is 13.1 Å². The Bertz CT molecular complexity index is 1050. The highest BCUT2D eigenvalue weighted by atomic mass is 35.5. The first-order valence-corrected chi connectivity index (χ1v) is 10.3. The van der Waals surface area contributed by atoms with Crippen LogP contribution in [0.25, 0.3) is 5.65 Å². The van der Waals surface area contributed by atoms with Crippen LogP contribution in [0.4, 0.5) is 13.2 Å². The molecule has 0 saturated carbocycles. The van der Waals surface area contributed by atoms with E-state index in [1.54, 1.807) is 12.1 Å². The van der Waals surface area contributed by atoms with E-state index in [1.807, 2.05) is 17.0 Å². The zero-order chi connectivity index (χ0) is 20.6. The lowest BCUT2D eigenvalue weighted by Crippen LogP contribution is -2.27. The van der Waals surface area contributed by atoms with Gasteiger partial charge in [0, 0.05) is 30.6 Å². The van der Waals surface area contributed by atoms with Gasteiger partial charge >= 0.3 is 6.18 Å². The van der Waals surface area contributed by atoms with Gasteiger partial charge in [0.2, 0.25) is 0 Å². The van der Waals surface area contributed by atoms with E-state index in [0.717, 1.165) is 43.8 Å². The zero-order valence-electron chi connectivity index (χ0n) is 15.1. The summed E-state index contributed by atoms with van der Waals surface area (Å²) in [6.45, 7) is 1.58. The summed E-state index contributed by atoms with van der Waals surface area (Å²) in [6.07, 6.45) is -1.50. The number of rotatable bonds is 4. The molecule has 1 amide bonds. The van der Waals surface area contributed by atoms with Gasteiger partial charge in [-0.3, -0.25) is 9.20 Å². The van der Waals surface area contributed by atoms with E-state index in [2.05, 4.69) is 10.2 Å². The van der Waals surface area contributed by atoms with Gasteiger partial charge in [-0.15, -0.1) is 10.2 Å². The fourth-order valence-corrected chi connectivity index (χ4v) is 4.29. The first-order chi connectivity index (χ1) is 13.8. The maximum atomic E-state index is 13.0. The van der Waals surface area contributed by atoms with Gasteiger partial charge in [0.15, 0.2) is 10.8 Å². The Kier molecular flexibility index (Phi) is 5.44. The van der Waals surface area contributed by atoms with Crippen LogP contribution < -0.4 is 0 Å². The minimum atomic E-state index is -4.51. The van der Waals surface area contributed by atoms with Gasteiger partial charge in [-0.1, -0.05) is 35.5 Å².